The molecule has 0 fully saturated rings. The Kier molecular flexibility index (Phi) is 163. The van der Waals surface area contributed by atoms with E-state index in [-0.39, 0.29) is 108 Å². The van der Waals surface area contributed by atoms with Gasteiger partial charge < -0.3 is 42.8 Å². The summed E-state index contributed by atoms with van der Waals surface area (Å²) in [5, 5.41) is 29.7. The number of rotatable bonds is 1. The first-order chi connectivity index (χ1) is 8.84. The first-order valence-corrected chi connectivity index (χ1v) is 5.03. The van der Waals surface area contributed by atoms with Crippen molar-refractivity contribution < 1.29 is 50.6 Å². The van der Waals surface area contributed by atoms with Crippen LogP contribution in [0.1, 0.15) is 27.7 Å². The van der Waals surface area contributed by atoms with Crippen LogP contribution in [0.5, 0.6) is 0 Å². The second kappa shape index (κ2) is 64.0. The first kappa shape index (κ1) is 63.5. The van der Waals surface area contributed by atoms with Gasteiger partial charge in [-0.2, -0.15) is 0 Å². The van der Waals surface area contributed by atoms with E-state index < -0.39 is 23.9 Å². The number of carbonyl (C=O) groups is 4. The average molecular weight is 426 g/mol. The topological polar surface area (TPSA) is 264 Å². The van der Waals surface area contributed by atoms with Crippen LogP contribution >= 0.6 is 0 Å². The second-order valence-corrected chi connectivity index (χ2v) is 2.65. The fourth-order valence-electron chi connectivity index (χ4n) is 0. The van der Waals surface area contributed by atoms with Crippen molar-refractivity contribution in [2.75, 3.05) is 13.1 Å². The van der Waals surface area contributed by atoms with Gasteiger partial charge in [-0.1, -0.05) is 0 Å². The molecule has 0 amide bonds. The molecule has 0 aliphatic rings. The zero-order chi connectivity index (χ0) is 17.7. The van der Waals surface area contributed by atoms with Crippen LogP contribution in [0.25, 0.3) is 0 Å². The molecule has 25 heavy (non-hydrogen) atoms. The maximum absolute atomic E-state index is 9.00. The van der Waals surface area contributed by atoms with Gasteiger partial charge in [-0.25, -0.2) is 0 Å². The Balaban J connectivity index is -0.0000000134. The van der Waals surface area contributed by atoms with E-state index in [1.807, 2.05) is 0 Å². The molecule has 0 saturated heterocycles. The van der Waals surface area contributed by atoms with Crippen LogP contribution in [0.2, 0.25) is 0 Å². The summed E-state index contributed by atoms with van der Waals surface area (Å²) < 4.78 is 0. The predicted molar refractivity (Wildman–Crippen MR) is 101 cm³/mol. The van der Waals surface area contributed by atoms with Gasteiger partial charge in [-0.05, 0) is 0 Å². The Morgan fingerprint density at radius 2 is 0.640 bits per heavy atom. The molecule has 15 heteroatoms. The molecule has 0 aromatic carbocycles. The van der Waals surface area contributed by atoms with Gasteiger partial charge >= 0.3 is 96.9 Å². The summed E-state index contributed by atoms with van der Waals surface area (Å²) in [5.41, 5.74) is 9.81. The molecule has 0 radical (unpaired) electrons. The van der Waals surface area contributed by atoms with Gasteiger partial charge in [-0.15, -0.1) is 0 Å². The Labute approximate surface area is 220 Å². The Bertz CT molecular complexity index is 208. The van der Waals surface area contributed by atoms with Gasteiger partial charge in [0.2, 0.25) is 0 Å². The molecule has 0 aliphatic heterocycles. The first-order valence-electron chi connectivity index (χ1n) is 5.03. The van der Waals surface area contributed by atoms with Crippen LogP contribution in [0.3, 0.4) is 0 Å². The van der Waals surface area contributed by atoms with Crippen molar-refractivity contribution >= 4 is 121 Å². The molecule has 12 nitrogen and oxygen atoms in total. The van der Waals surface area contributed by atoms with E-state index in [4.69, 9.17) is 51.1 Å². The Hall–Kier alpha value is 0.980. The monoisotopic (exact) mass is 426 g/mol. The minimum atomic E-state index is -0.833. The van der Waals surface area contributed by atoms with Crippen LogP contribution < -0.4 is 11.5 Å². The number of carboxylic acids is 4. The molecule has 12 N–H and O–H groups in total. The molecule has 0 aliphatic carbocycles. The van der Waals surface area contributed by atoms with Crippen LogP contribution in [-0.2, 0) is 19.2 Å². The number of hydrogen-bond acceptors (Lipinski definition) is 6. The van der Waals surface area contributed by atoms with E-state index in [1.54, 1.807) is 0 Å². The Morgan fingerprint density at radius 1 is 0.600 bits per heavy atom. The van der Waals surface area contributed by atoms with Crippen LogP contribution in [0, 0.1) is 0 Å². The van der Waals surface area contributed by atoms with Gasteiger partial charge in [0.15, 0.2) is 0 Å². The van der Waals surface area contributed by atoms with Crippen molar-refractivity contribution in [3.8, 4) is 0 Å². The summed E-state index contributed by atoms with van der Waals surface area (Å²) >= 11 is 0. The maximum atomic E-state index is 9.00. The average Bonchev–Trinajstić information content (AvgIpc) is 2.13. The van der Waals surface area contributed by atoms with Crippen molar-refractivity contribution in [3.05, 3.63) is 0 Å². The summed E-state index contributed by atoms with van der Waals surface area (Å²) in [6.45, 7) is 5.53. The molecule has 0 saturated carbocycles. The third-order valence-electron chi connectivity index (χ3n) is 0.167. The summed E-state index contributed by atoms with van der Waals surface area (Å²) in [6, 6.07) is 0. The van der Waals surface area contributed by atoms with E-state index >= 15 is 0 Å². The molecule has 0 heterocycles. The molecule has 146 valence electrons. The van der Waals surface area contributed by atoms with Crippen LogP contribution in [0.15, 0.2) is 0 Å². The van der Waals surface area contributed by atoms with Crippen molar-refractivity contribution in [1.29, 1.82) is 0 Å². The van der Waals surface area contributed by atoms with Crippen molar-refractivity contribution in [2.24, 2.45) is 11.5 Å². The number of carboxylic acid groups (broad SMARTS) is 4. The summed E-state index contributed by atoms with van der Waals surface area (Å²) in [5.74, 6) is -3.33. The fourth-order valence-corrected chi connectivity index (χ4v) is 0. The minimum absolute atomic E-state index is 0. The molecule has 0 aromatic rings. The van der Waals surface area contributed by atoms with Crippen LogP contribution in [-0.4, -0.2) is 165 Å². The van der Waals surface area contributed by atoms with Gasteiger partial charge in [-0.3, -0.25) is 19.2 Å². The van der Waals surface area contributed by atoms with E-state index in [0.717, 1.165) is 27.7 Å². The van der Waals surface area contributed by atoms with E-state index in [2.05, 4.69) is 0 Å². The molecular weight excluding hydrogens is 394 g/mol. The van der Waals surface area contributed by atoms with E-state index in [1.165, 1.54) is 0 Å². The van der Waals surface area contributed by atoms with Crippen LogP contribution in [0.4, 0.5) is 0 Å². The molecule has 0 aromatic heterocycles. The Morgan fingerprint density at radius 3 is 0.640 bits per heavy atom. The zero-order valence-corrected chi connectivity index (χ0v) is 13.0. The third kappa shape index (κ3) is 3370. The molecule has 0 atom stereocenters. The number of nitrogens with two attached hydrogens (primary N) is 2. The van der Waals surface area contributed by atoms with E-state index in [0.29, 0.717) is 13.1 Å². The molecule has 0 bridgehead atoms. The molecule has 0 unspecified atom stereocenters. The van der Waals surface area contributed by atoms with Gasteiger partial charge in [0.25, 0.3) is 23.9 Å². The number of hydrogen-bond donors (Lipinski definition) is 6. The van der Waals surface area contributed by atoms with Gasteiger partial charge in [0, 0.05) is 40.8 Å². The molecule has 0 spiro atoms. The summed E-state index contributed by atoms with van der Waals surface area (Å²) in [6.07, 6.45) is 0. The zero-order valence-electron chi connectivity index (χ0n) is 13.0. The molecular formula is C10H32CaN2Na2O10. The predicted octanol–water partition coefficient (Wildman–Crippen LogP) is -4.60. The normalized spacial score (nSPS) is 5.20. The fraction of sp³-hybridized carbons (Fsp3) is 0.600. The SMILES string of the molecule is CC(=O)O.CC(=O)O.CC(=O)O.CC(=O)O.NCCN.O.O.[CaH2].[NaH].[NaH]. The summed E-state index contributed by atoms with van der Waals surface area (Å²) in [4.78, 5) is 36.0. The quantitative estimate of drug-likeness (QED) is 0.218. The number of aliphatic carboxylic acids is 4. The third-order valence-corrected chi connectivity index (χ3v) is 0.167. The van der Waals surface area contributed by atoms with E-state index in [9.17, 15) is 0 Å². The summed E-state index contributed by atoms with van der Waals surface area (Å²) in [7, 11) is 0. The standard InChI is InChI=1S/C2H8N2.4C2H4O2.Ca.2Na.2H2O.4H/c3-1-2-4;4*1-2(3)4;;;;;;;;;/h1-4H2;4*1H3,(H,3,4);;;;2*1H2;;;;. The second-order valence-electron chi connectivity index (χ2n) is 2.65. The van der Waals surface area contributed by atoms with Crippen molar-refractivity contribution in [1.82, 2.24) is 0 Å². The van der Waals surface area contributed by atoms with Crippen molar-refractivity contribution in [2.45, 2.75) is 27.7 Å². The molecule has 0 rings (SSSR count). The van der Waals surface area contributed by atoms with Gasteiger partial charge in [0.1, 0.15) is 0 Å². The van der Waals surface area contributed by atoms with Gasteiger partial charge in [0.05, 0.1) is 0 Å². The van der Waals surface area contributed by atoms with Crippen molar-refractivity contribution in [3.63, 3.8) is 0 Å².